The molecule has 0 fully saturated rings. The normalized spacial score (nSPS) is 17.6. The molecule has 0 radical (unpaired) electrons. The van der Waals surface area contributed by atoms with E-state index in [9.17, 15) is 28.3 Å². The molecule has 2 aliphatic heterocycles. The summed E-state index contributed by atoms with van der Waals surface area (Å²) in [5, 5.41) is 13.1. The number of nitrogens with one attached hydrogen (secondary N) is 1. The summed E-state index contributed by atoms with van der Waals surface area (Å²) in [7, 11) is 0. The molecule has 7 nitrogen and oxygen atoms in total. The van der Waals surface area contributed by atoms with Crippen molar-refractivity contribution in [2.75, 3.05) is 19.6 Å². The van der Waals surface area contributed by atoms with Gasteiger partial charge in [0.2, 0.25) is 5.43 Å². The number of benzene rings is 1. The van der Waals surface area contributed by atoms with Crippen molar-refractivity contribution in [3.8, 4) is 5.75 Å². The van der Waals surface area contributed by atoms with Gasteiger partial charge in [0, 0.05) is 37.5 Å². The average Bonchev–Trinajstić information content (AvgIpc) is 2.97. The van der Waals surface area contributed by atoms with Gasteiger partial charge in [-0.2, -0.15) is 0 Å². The van der Waals surface area contributed by atoms with E-state index in [0.29, 0.717) is 25.6 Å². The Morgan fingerprint density at radius 2 is 2.03 bits per heavy atom. The SMILES string of the molecule is C=C(F)/C=C(F)\C(=C/C)CNC(=O)c1cn2c(c(O)c1=O)C(=O)N1CCc3ccccc3C2C1. The molecule has 4 rings (SSSR count). The summed E-state index contributed by atoms with van der Waals surface area (Å²) in [5.41, 5.74) is 0.397. The zero-order valence-corrected chi connectivity index (χ0v) is 18.5. The molecule has 0 spiro atoms. The number of allylic oxidation sites excluding steroid dienone is 3. The van der Waals surface area contributed by atoms with Crippen molar-refractivity contribution in [1.82, 2.24) is 14.8 Å². The molecular weight excluding hydrogens is 444 g/mol. The summed E-state index contributed by atoms with van der Waals surface area (Å²) in [4.78, 5) is 40.3. The van der Waals surface area contributed by atoms with Crippen molar-refractivity contribution in [3.05, 3.63) is 99.0 Å². The molecule has 2 amide bonds. The van der Waals surface area contributed by atoms with E-state index in [0.717, 1.165) is 11.1 Å². The summed E-state index contributed by atoms with van der Waals surface area (Å²) >= 11 is 0. The van der Waals surface area contributed by atoms with Crippen LogP contribution in [0, 0.1) is 0 Å². The van der Waals surface area contributed by atoms with Crippen molar-refractivity contribution in [1.29, 1.82) is 0 Å². The van der Waals surface area contributed by atoms with E-state index in [4.69, 9.17) is 0 Å². The summed E-state index contributed by atoms with van der Waals surface area (Å²) < 4.78 is 28.5. The van der Waals surface area contributed by atoms with Crippen LogP contribution in [0.2, 0.25) is 0 Å². The fraction of sp³-hybridized carbons (Fsp3) is 0.240. The van der Waals surface area contributed by atoms with E-state index in [2.05, 4.69) is 11.9 Å². The molecule has 3 heterocycles. The zero-order chi connectivity index (χ0) is 24.6. The average molecular weight is 467 g/mol. The number of carbonyl (C=O) groups is 2. The number of hydrogen-bond donors (Lipinski definition) is 2. The standard InChI is InChI=1S/C25H23F2N3O4/c1-3-15(19(27)10-14(2)26)11-28-24(33)18-12-30-20-13-29(25(34)21(30)23(32)22(18)31)9-8-16-6-4-5-7-17(16)20/h3-7,10,12,20,32H,2,8-9,11,13H2,1H3,(H,28,33)/b15-3-,19-10+. The summed E-state index contributed by atoms with van der Waals surface area (Å²) in [6.07, 6.45) is 3.82. The first-order valence-electron chi connectivity index (χ1n) is 10.7. The van der Waals surface area contributed by atoms with E-state index in [1.54, 1.807) is 4.90 Å². The lowest BCUT2D eigenvalue weighted by Gasteiger charge is -2.35. The first-order chi connectivity index (χ1) is 16.2. The minimum Gasteiger partial charge on any atom is -0.503 e. The van der Waals surface area contributed by atoms with Gasteiger partial charge >= 0.3 is 0 Å². The molecular formula is C25H23F2N3O4. The van der Waals surface area contributed by atoms with Crippen LogP contribution < -0.4 is 10.7 Å². The summed E-state index contributed by atoms with van der Waals surface area (Å²) in [6, 6.07) is 7.26. The number of hydrogen-bond acceptors (Lipinski definition) is 4. The molecule has 1 unspecified atom stereocenters. The molecule has 2 aromatic rings. The highest BCUT2D eigenvalue weighted by Crippen LogP contribution is 2.34. The Balaban J connectivity index is 1.73. The van der Waals surface area contributed by atoms with E-state index in [1.807, 2.05) is 24.3 Å². The van der Waals surface area contributed by atoms with E-state index >= 15 is 0 Å². The van der Waals surface area contributed by atoms with Crippen LogP contribution in [-0.2, 0) is 6.42 Å². The van der Waals surface area contributed by atoms with Crippen LogP contribution in [0.1, 0.15) is 44.9 Å². The van der Waals surface area contributed by atoms with Crippen LogP contribution in [0.25, 0.3) is 0 Å². The fourth-order valence-corrected chi connectivity index (χ4v) is 4.38. The molecule has 34 heavy (non-hydrogen) atoms. The van der Waals surface area contributed by atoms with Gasteiger partial charge in [-0.1, -0.05) is 36.9 Å². The number of pyridine rings is 1. The van der Waals surface area contributed by atoms with Gasteiger partial charge in [0.05, 0.1) is 6.04 Å². The molecule has 2 bridgehead atoms. The Bertz CT molecular complexity index is 1330. The quantitative estimate of drug-likeness (QED) is 0.661. The monoisotopic (exact) mass is 467 g/mol. The minimum atomic E-state index is -1.000. The number of nitrogens with zero attached hydrogens (tertiary/aromatic N) is 2. The van der Waals surface area contributed by atoms with Crippen LogP contribution in [0.15, 0.2) is 71.2 Å². The minimum absolute atomic E-state index is 0.0158. The highest BCUT2D eigenvalue weighted by molar-refractivity contribution is 5.99. The summed E-state index contributed by atoms with van der Waals surface area (Å²) in [6.45, 7) is 4.93. The second-order valence-electron chi connectivity index (χ2n) is 8.13. The largest absolute Gasteiger partial charge is 0.503 e. The molecule has 9 heteroatoms. The predicted octanol–water partition coefficient (Wildman–Crippen LogP) is 3.17. The van der Waals surface area contributed by atoms with E-state index in [-0.39, 0.29) is 23.4 Å². The molecule has 1 atom stereocenters. The smallest absolute Gasteiger partial charge is 0.274 e. The van der Waals surface area contributed by atoms with Crippen molar-refractivity contribution in [2.45, 2.75) is 19.4 Å². The highest BCUT2D eigenvalue weighted by Gasteiger charge is 2.38. The maximum atomic E-state index is 14.1. The van der Waals surface area contributed by atoms with Crippen LogP contribution in [0.3, 0.4) is 0 Å². The first-order valence-corrected chi connectivity index (χ1v) is 10.7. The molecule has 1 aromatic carbocycles. The third-order valence-corrected chi connectivity index (χ3v) is 6.12. The number of aromatic nitrogens is 1. The molecule has 2 N–H and O–H groups in total. The third-order valence-electron chi connectivity index (χ3n) is 6.12. The Morgan fingerprint density at radius 3 is 2.74 bits per heavy atom. The Kier molecular flexibility index (Phi) is 6.19. The molecule has 2 aliphatic rings. The van der Waals surface area contributed by atoms with Crippen LogP contribution in [-0.4, -0.2) is 46.0 Å². The van der Waals surface area contributed by atoms with Crippen molar-refractivity contribution in [2.24, 2.45) is 0 Å². The maximum absolute atomic E-state index is 14.1. The highest BCUT2D eigenvalue weighted by atomic mass is 19.1. The van der Waals surface area contributed by atoms with Gasteiger partial charge in [-0.15, -0.1) is 0 Å². The second-order valence-corrected chi connectivity index (χ2v) is 8.13. The van der Waals surface area contributed by atoms with Gasteiger partial charge < -0.3 is 19.9 Å². The maximum Gasteiger partial charge on any atom is 0.274 e. The van der Waals surface area contributed by atoms with Crippen LogP contribution in [0.5, 0.6) is 5.75 Å². The molecule has 0 saturated carbocycles. The number of aromatic hydroxyl groups is 1. The molecule has 176 valence electrons. The van der Waals surface area contributed by atoms with Crippen LogP contribution >= 0.6 is 0 Å². The van der Waals surface area contributed by atoms with Crippen molar-refractivity contribution >= 4 is 11.8 Å². The van der Waals surface area contributed by atoms with E-state index in [1.165, 1.54) is 23.8 Å². The second kappa shape index (κ2) is 9.09. The lowest BCUT2D eigenvalue weighted by molar-refractivity contribution is 0.0686. The van der Waals surface area contributed by atoms with Crippen LogP contribution in [0.4, 0.5) is 8.78 Å². The number of rotatable bonds is 5. The number of halogens is 2. The fourth-order valence-electron chi connectivity index (χ4n) is 4.38. The van der Waals surface area contributed by atoms with E-state index < -0.39 is 40.7 Å². The topological polar surface area (TPSA) is 91.6 Å². The third kappa shape index (κ3) is 4.05. The van der Waals surface area contributed by atoms with Gasteiger partial charge in [0.25, 0.3) is 11.8 Å². The lowest BCUT2D eigenvalue weighted by Crippen LogP contribution is -2.45. The molecule has 1 aromatic heterocycles. The van der Waals surface area contributed by atoms with Crippen molar-refractivity contribution in [3.63, 3.8) is 0 Å². The number of amides is 2. The van der Waals surface area contributed by atoms with Gasteiger partial charge in [0.15, 0.2) is 11.4 Å². The van der Waals surface area contributed by atoms with Gasteiger partial charge in [-0.3, -0.25) is 14.4 Å². The van der Waals surface area contributed by atoms with Gasteiger partial charge in [0.1, 0.15) is 17.2 Å². The predicted molar refractivity (Wildman–Crippen MR) is 122 cm³/mol. The first kappa shape index (κ1) is 23.2. The zero-order valence-electron chi connectivity index (χ0n) is 18.5. The number of carbonyl (C=O) groups excluding carboxylic acids is 2. The summed E-state index contributed by atoms with van der Waals surface area (Å²) in [5.74, 6) is -4.05. The van der Waals surface area contributed by atoms with Gasteiger partial charge in [-0.25, -0.2) is 8.78 Å². The number of fused-ring (bicyclic) bond motifs is 6. The molecule has 0 aliphatic carbocycles. The van der Waals surface area contributed by atoms with Gasteiger partial charge in [-0.05, 0) is 24.5 Å². The lowest BCUT2D eigenvalue weighted by atomic mass is 9.97. The molecule has 0 saturated heterocycles. The van der Waals surface area contributed by atoms with Crippen molar-refractivity contribution < 1.29 is 23.5 Å². The Hall–Kier alpha value is -4.01. The Labute approximate surface area is 194 Å². The Morgan fingerprint density at radius 1 is 1.29 bits per heavy atom.